The molecule has 0 atom stereocenters. The Bertz CT molecular complexity index is 1110. The van der Waals surface area contributed by atoms with Gasteiger partial charge in [0.1, 0.15) is 0 Å². The van der Waals surface area contributed by atoms with E-state index in [-0.39, 0.29) is 5.78 Å². The van der Waals surface area contributed by atoms with E-state index in [4.69, 9.17) is 10.2 Å². The zero-order chi connectivity index (χ0) is 21.7. The van der Waals surface area contributed by atoms with Gasteiger partial charge in [-0.2, -0.15) is 0 Å². The number of hydrogen-bond donors (Lipinski definition) is 3. The molecule has 0 amide bonds. The minimum absolute atomic E-state index is 0.213. The molecular formula is C22H23N3O5. The molecule has 0 radical (unpaired) electrons. The third-order valence-corrected chi connectivity index (χ3v) is 5.02. The lowest BCUT2D eigenvalue weighted by atomic mass is 10.00. The van der Waals surface area contributed by atoms with Gasteiger partial charge in [0.25, 0.3) is 0 Å². The number of Topliss-reactive ketones (excluding diaryl/α,β-unsaturated/α-hetero) is 1. The number of nitrogens with zero attached hydrogens (tertiary/aromatic N) is 2. The van der Waals surface area contributed by atoms with Gasteiger partial charge in [-0.25, -0.2) is 14.6 Å². The molecule has 30 heavy (non-hydrogen) atoms. The first-order valence-electron chi connectivity index (χ1n) is 9.63. The Balaban J connectivity index is 0.000000275. The lowest BCUT2D eigenvalue weighted by Gasteiger charge is -2.14. The Labute approximate surface area is 172 Å². The number of H-pyrrole nitrogens is 1. The standard InChI is InChI=1S/C18H19N3O.C4H4O4/c1-12-16(20-11-19-12)7-8-17(22)15-10-21-9-3-5-13-4-2-6-14(15)18(13)21;5-3(6)1-2-4(7)8/h2,4,6,10-11H,3,5,7-9H2,1H3,(H,19,20);1-2H,(H,5,6)(H,7,8)/b;2-1-. The Morgan fingerprint density at radius 1 is 1.20 bits per heavy atom. The van der Waals surface area contributed by atoms with Crippen molar-refractivity contribution in [2.24, 2.45) is 0 Å². The summed E-state index contributed by atoms with van der Waals surface area (Å²) in [5, 5.41) is 16.7. The first-order chi connectivity index (χ1) is 14.4. The van der Waals surface area contributed by atoms with Crippen molar-refractivity contribution in [3.63, 3.8) is 0 Å². The van der Waals surface area contributed by atoms with Gasteiger partial charge < -0.3 is 19.8 Å². The van der Waals surface area contributed by atoms with Crippen LogP contribution in [0.3, 0.4) is 0 Å². The molecule has 2 aromatic heterocycles. The first kappa shape index (κ1) is 21.0. The third kappa shape index (κ3) is 4.83. The number of aromatic amines is 1. The van der Waals surface area contributed by atoms with Crippen molar-refractivity contribution in [1.29, 1.82) is 0 Å². The average Bonchev–Trinajstić information content (AvgIpc) is 3.30. The van der Waals surface area contributed by atoms with Crippen molar-refractivity contribution in [3.8, 4) is 0 Å². The highest BCUT2D eigenvalue weighted by atomic mass is 16.4. The number of imidazole rings is 1. The number of carboxylic acid groups (broad SMARTS) is 2. The number of aryl methyl sites for hydroxylation is 4. The van der Waals surface area contributed by atoms with Gasteiger partial charge in [-0.05, 0) is 31.7 Å². The van der Waals surface area contributed by atoms with Gasteiger partial charge in [0.2, 0.25) is 0 Å². The van der Waals surface area contributed by atoms with Crippen LogP contribution >= 0.6 is 0 Å². The first-order valence-corrected chi connectivity index (χ1v) is 9.63. The quantitative estimate of drug-likeness (QED) is 0.424. The number of aromatic nitrogens is 3. The summed E-state index contributed by atoms with van der Waals surface area (Å²) in [6.07, 6.45) is 8.32. The number of benzene rings is 1. The van der Waals surface area contributed by atoms with Crippen molar-refractivity contribution in [2.75, 3.05) is 0 Å². The third-order valence-electron chi connectivity index (χ3n) is 5.02. The fraction of sp³-hybridized carbons (Fsp3) is 0.273. The van der Waals surface area contributed by atoms with Gasteiger partial charge in [0.05, 0.1) is 17.5 Å². The summed E-state index contributed by atoms with van der Waals surface area (Å²) in [5.74, 6) is -2.30. The summed E-state index contributed by atoms with van der Waals surface area (Å²) >= 11 is 0. The molecule has 3 heterocycles. The maximum Gasteiger partial charge on any atom is 0.328 e. The van der Waals surface area contributed by atoms with Crippen LogP contribution in [-0.4, -0.2) is 42.5 Å². The van der Waals surface area contributed by atoms with E-state index in [0.29, 0.717) is 25.0 Å². The predicted octanol–water partition coefficient (Wildman–Crippen LogP) is 3.15. The topological polar surface area (TPSA) is 125 Å². The maximum atomic E-state index is 12.7. The van der Waals surface area contributed by atoms with Gasteiger partial charge in [-0.15, -0.1) is 0 Å². The number of carboxylic acids is 2. The second-order valence-corrected chi connectivity index (χ2v) is 7.06. The summed E-state index contributed by atoms with van der Waals surface area (Å²) in [7, 11) is 0. The van der Waals surface area contributed by atoms with Gasteiger partial charge >= 0.3 is 11.9 Å². The molecule has 0 unspecified atom stereocenters. The molecule has 1 aliphatic rings. The normalized spacial score (nSPS) is 12.6. The maximum absolute atomic E-state index is 12.7. The Kier molecular flexibility index (Phi) is 6.46. The van der Waals surface area contributed by atoms with Gasteiger partial charge in [0, 0.05) is 48.0 Å². The summed E-state index contributed by atoms with van der Waals surface area (Å²) in [5.41, 5.74) is 5.53. The highest BCUT2D eigenvalue weighted by Gasteiger charge is 2.19. The van der Waals surface area contributed by atoms with Crippen LogP contribution in [0.15, 0.2) is 42.9 Å². The van der Waals surface area contributed by atoms with Crippen molar-refractivity contribution in [2.45, 2.75) is 39.2 Å². The number of rotatable bonds is 6. The lowest BCUT2D eigenvalue weighted by molar-refractivity contribution is -0.134. The molecule has 1 aliphatic heterocycles. The van der Waals surface area contributed by atoms with Crippen molar-refractivity contribution in [1.82, 2.24) is 14.5 Å². The monoisotopic (exact) mass is 409 g/mol. The molecule has 3 aromatic rings. The second-order valence-electron chi connectivity index (χ2n) is 7.06. The number of para-hydroxylation sites is 1. The van der Waals surface area contributed by atoms with E-state index in [0.717, 1.165) is 41.7 Å². The second kappa shape index (κ2) is 9.21. The molecule has 156 valence electrons. The largest absolute Gasteiger partial charge is 0.478 e. The summed E-state index contributed by atoms with van der Waals surface area (Å²) in [6.45, 7) is 3.01. The van der Waals surface area contributed by atoms with Crippen LogP contribution in [-0.2, 0) is 29.0 Å². The molecule has 0 aliphatic carbocycles. The van der Waals surface area contributed by atoms with Crippen LogP contribution in [0.5, 0.6) is 0 Å². The number of hydrogen-bond acceptors (Lipinski definition) is 4. The molecule has 0 saturated heterocycles. The molecule has 0 saturated carbocycles. The highest BCUT2D eigenvalue weighted by Crippen LogP contribution is 2.30. The van der Waals surface area contributed by atoms with Gasteiger partial charge in [-0.1, -0.05) is 18.2 Å². The van der Waals surface area contributed by atoms with E-state index in [1.165, 1.54) is 11.1 Å². The molecule has 3 N–H and O–H groups in total. The van der Waals surface area contributed by atoms with E-state index in [1.54, 1.807) is 6.33 Å². The molecule has 4 rings (SSSR count). The summed E-state index contributed by atoms with van der Waals surface area (Å²) in [6, 6.07) is 6.33. The van der Waals surface area contributed by atoms with Crippen LogP contribution < -0.4 is 0 Å². The van der Waals surface area contributed by atoms with Crippen molar-refractivity contribution < 1.29 is 24.6 Å². The minimum atomic E-state index is -1.26. The predicted molar refractivity (Wildman–Crippen MR) is 111 cm³/mol. The minimum Gasteiger partial charge on any atom is -0.478 e. The Hall–Kier alpha value is -3.68. The van der Waals surface area contributed by atoms with Crippen LogP contribution in [0.4, 0.5) is 0 Å². The number of aliphatic carboxylic acids is 2. The zero-order valence-corrected chi connectivity index (χ0v) is 16.6. The number of ketones is 1. The van der Waals surface area contributed by atoms with Crippen LogP contribution in [0.2, 0.25) is 0 Å². The van der Waals surface area contributed by atoms with E-state index in [1.807, 2.05) is 13.1 Å². The molecule has 8 nitrogen and oxygen atoms in total. The average molecular weight is 409 g/mol. The van der Waals surface area contributed by atoms with Crippen LogP contribution in [0, 0.1) is 6.92 Å². The van der Waals surface area contributed by atoms with Crippen LogP contribution in [0.25, 0.3) is 10.9 Å². The molecule has 0 bridgehead atoms. The van der Waals surface area contributed by atoms with E-state index < -0.39 is 11.9 Å². The zero-order valence-electron chi connectivity index (χ0n) is 16.6. The molecule has 1 aromatic carbocycles. The van der Waals surface area contributed by atoms with Gasteiger partial charge in [-0.3, -0.25) is 4.79 Å². The number of nitrogens with one attached hydrogen (secondary N) is 1. The SMILES string of the molecule is Cc1[nH]cnc1CCC(=O)c1cn2c3c(cccc13)CCC2.O=C(O)/C=C\C(=O)O. The molecule has 8 heteroatoms. The summed E-state index contributed by atoms with van der Waals surface area (Å²) < 4.78 is 2.25. The fourth-order valence-corrected chi connectivity index (χ4v) is 3.63. The van der Waals surface area contributed by atoms with Crippen molar-refractivity contribution in [3.05, 3.63) is 65.4 Å². The molecular weight excluding hydrogens is 386 g/mol. The highest BCUT2D eigenvalue weighted by molar-refractivity contribution is 6.08. The molecule has 0 spiro atoms. The number of carbonyl (C=O) groups excluding carboxylic acids is 1. The van der Waals surface area contributed by atoms with E-state index in [9.17, 15) is 14.4 Å². The Morgan fingerprint density at radius 3 is 2.57 bits per heavy atom. The summed E-state index contributed by atoms with van der Waals surface area (Å²) in [4.78, 5) is 39.1. The number of carbonyl (C=O) groups is 3. The van der Waals surface area contributed by atoms with Crippen molar-refractivity contribution >= 4 is 28.6 Å². The Morgan fingerprint density at radius 2 is 1.93 bits per heavy atom. The van der Waals surface area contributed by atoms with E-state index >= 15 is 0 Å². The van der Waals surface area contributed by atoms with Gasteiger partial charge in [0.15, 0.2) is 5.78 Å². The fourth-order valence-electron chi connectivity index (χ4n) is 3.63. The smallest absolute Gasteiger partial charge is 0.328 e. The molecule has 0 fully saturated rings. The van der Waals surface area contributed by atoms with E-state index in [2.05, 4.69) is 32.7 Å². The van der Waals surface area contributed by atoms with Crippen LogP contribution in [0.1, 0.15) is 40.2 Å². The lowest BCUT2D eigenvalue weighted by Crippen LogP contribution is -2.05.